The molecule has 1 unspecified atom stereocenters. The molecule has 3 rings (SSSR count). The quantitative estimate of drug-likeness (QED) is 0.878. The Hall–Kier alpha value is -1.62. The summed E-state index contributed by atoms with van der Waals surface area (Å²) in [6.07, 6.45) is 2.22. The molecule has 104 valence electrons. The van der Waals surface area contributed by atoms with Crippen molar-refractivity contribution in [3.8, 4) is 0 Å². The van der Waals surface area contributed by atoms with Crippen molar-refractivity contribution in [3.63, 3.8) is 0 Å². The zero-order chi connectivity index (χ0) is 14.1. The molecule has 1 fully saturated rings. The first-order valence-corrected chi connectivity index (χ1v) is 7.72. The third kappa shape index (κ3) is 2.93. The molecule has 0 saturated heterocycles. The van der Waals surface area contributed by atoms with E-state index in [0.29, 0.717) is 6.04 Å². The smallest absolute Gasteiger partial charge is 0.233 e. The zero-order valence-electron chi connectivity index (χ0n) is 11.6. The highest BCUT2D eigenvalue weighted by Gasteiger charge is 2.26. The molecule has 1 heterocycles. The fraction of sp³-hybridized carbons (Fsp3) is 0.400. The second kappa shape index (κ2) is 5.40. The highest BCUT2D eigenvalue weighted by molar-refractivity contribution is 8.00. The molecule has 1 aromatic carbocycles. The molecule has 0 aliphatic heterocycles. The molecule has 1 aliphatic carbocycles. The highest BCUT2D eigenvalue weighted by Crippen LogP contribution is 2.27. The molecule has 4 nitrogen and oxygen atoms in total. The molecule has 1 saturated carbocycles. The van der Waals surface area contributed by atoms with Crippen molar-refractivity contribution in [3.05, 3.63) is 30.0 Å². The second-order valence-electron chi connectivity index (χ2n) is 5.15. The standard InChI is InChI=1S/C15H17N3OS/c1-9-15(18-13-6-4-3-5-12(13)16-9)20-10(2)14(19)17-11-7-8-11/h3-6,10-11H,7-8H2,1-2H3,(H,17,19). The molecule has 0 bridgehead atoms. The van der Waals surface area contributed by atoms with E-state index < -0.39 is 0 Å². The summed E-state index contributed by atoms with van der Waals surface area (Å²) in [5.74, 6) is 0.0897. The van der Waals surface area contributed by atoms with E-state index in [1.807, 2.05) is 38.1 Å². The first-order valence-electron chi connectivity index (χ1n) is 6.84. The number of fused-ring (bicyclic) bond motifs is 1. The molecule has 1 aromatic heterocycles. The van der Waals surface area contributed by atoms with Crippen LogP contribution in [0.1, 0.15) is 25.5 Å². The SMILES string of the molecule is Cc1nc2ccccc2nc1SC(C)C(=O)NC1CC1. The van der Waals surface area contributed by atoms with Gasteiger partial charge in [0.2, 0.25) is 5.91 Å². The topological polar surface area (TPSA) is 54.9 Å². The number of carbonyl (C=O) groups is 1. The molecule has 1 aliphatic rings. The van der Waals surface area contributed by atoms with Crippen LogP contribution < -0.4 is 5.32 Å². The summed E-state index contributed by atoms with van der Waals surface area (Å²) >= 11 is 1.48. The van der Waals surface area contributed by atoms with Crippen molar-refractivity contribution < 1.29 is 4.79 Å². The number of nitrogens with one attached hydrogen (secondary N) is 1. The van der Waals surface area contributed by atoms with Crippen LogP contribution in [0.2, 0.25) is 0 Å². The minimum absolute atomic E-state index is 0.0897. The lowest BCUT2D eigenvalue weighted by atomic mass is 10.3. The van der Waals surface area contributed by atoms with Crippen molar-refractivity contribution in [2.45, 2.75) is 43.0 Å². The van der Waals surface area contributed by atoms with Crippen molar-refractivity contribution in [1.29, 1.82) is 0 Å². The molecule has 0 spiro atoms. The molecule has 1 atom stereocenters. The van der Waals surface area contributed by atoms with Gasteiger partial charge in [0.25, 0.3) is 0 Å². The Kier molecular flexibility index (Phi) is 3.61. The average Bonchev–Trinajstić information content (AvgIpc) is 3.23. The summed E-state index contributed by atoms with van der Waals surface area (Å²) in [4.78, 5) is 21.2. The summed E-state index contributed by atoms with van der Waals surface area (Å²) in [5.41, 5.74) is 2.64. The van der Waals surface area contributed by atoms with Gasteiger partial charge in [0.15, 0.2) is 0 Å². The van der Waals surface area contributed by atoms with E-state index >= 15 is 0 Å². The van der Waals surface area contributed by atoms with Gasteiger partial charge < -0.3 is 5.32 Å². The van der Waals surface area contributed by atoms with Gasteiger partial charge in [-0.05, 0) is 38.8 Å². The maximum absolute atomic E-state index is 12.0. The van der Waals surface area contributed by atoms with Gasteiger partial charge in [0, 0.05) is 6.04 Å². The van der Waals surface area contributed by atoms with Gasteiger partial charge in [-0.3, -0.25) is 4.79 Å². The maximum atomic E-state index is 12.0. The number of hydrogen-bond acceptors (Lipinski definition) is 4. The third-order valence-corrected chi connectivity index (χ3v) is 4.46. The number of carbonyl (C=O) groups excluding carboxylic acids is 1. The summed E-state index contributed by atoms with van der Waals surface area (Å²) in [7, 11) is 0. The van der Waals surface area contributed by atoms with Crippen molar-refractivity contribution >= 4 is 28.7 Å². The minimum atomic E-state index is -0.148. The number of aromatic nitrogens is 2. The first-order chi connectivity index (χ1) is 9.63. The lowest BCUT2D eigenvalue weighted by molar-refractivity contribution is -0.120. The van der Waals surface area contributed by atoms with Crippen LogP contribution in [0.15, 0.2) is 29.3 Å². The van der Waals surface area contributed by atoms with Gasteiger partial charge in [0.05, 0.1) is 22.0 Å². The fourth-order valence-electron chi connectivity index (χ4n) is 1.95. The number of benzene rings is 1. The number of hydrogen-bond donors (Lipinski definition) is 1. The fourth-order valence-corrected chi connectivity index (χ4v) is 2.83. The summed E-state index contributed by atoms with van der Waals surface area (Å²) in [6.45, 7) is 3.85. The predicted molar refractivity (Wildman–Crippen MR) is 80.8 cm³/mol. The number of para-hydroxylation sites is 2. The molecular weight excluding hydrogens is 270 g/mol. The van der Waals surface area contributed by atoms with Gasteiger partial charge in [-0.25, -0.2) is 9.97 Å². The number of rotatable bonds is 4. The summed E-state index contributed by atoms with van der Waals surface area (Å²) < 4.78 is 0. The summed E-state index contributed by atoms with van der Waals surface area (Å²) in [6, 6.07) is 8.20. The van der Waals surface area contributed by atoms with E-state index in [-0.39, 0.29) is 11.2 Å². The van der Waals surface area contributed by atoms with Gasteiger partial charge in [-0.1, -0.05) is 23.9 Å². The van der Waals surface area contributed by atoms with Gasteiger partial charge in [-0.2, -0.15) is 0 Å². The van der Waals surface area contributed by atoms with Crippen LogP contribution in [0.4, 0.5) is 0 Å². The van der Waals surface area contributed by atoms with Crippen molar-refractivity contribution in [2.24, 2.45) is 0 Å². The number of nitrogens with zero attached hydrogens (tertiary/aromatic N) is 2. The average molecular weight is 287 g/mol. The van der Waals surface area contributed by atoms with Gasteiger partial charge in [-0.15, -0.1) is 0 Å². The first kappa shape index (κ1) is 13.4. The molecule has 1 N–H and O–H groups in total. The van der Waals surface area contributed by atoms with Crippen LogP contribution in [0, 0.1) is 6.92 Å². The lowest BCUT2D eigenvalue weighted by Crippen LogP contribution is -2.32. The number of aryl methyl sites for hydroxylation is 1. The van der Waals surface area contributed by atoms with Gasteiger partial charge >= 0.3 is 0 Å². The minimum Gasteiger partial charge on any atom is -0.352 e. The Balaban J connectivity index is 1.78. The normalized spacial score (nSPS) is 16.1. The molecule has 0 radical (unpaired) electrons. The largest absolute Gasteiger partial charge is 0.352 e. The lowest BCUT2D eigenvalue weighted by Gasteiger charge is -2.12. The van der Waals surface area contributed by atoms with E-state index in [1.54, 1.807) is 0 Å². The van der Waals surface area contributed by atoms with Crippen LogP contribution in [0.3, 0.4) is 0 Å². The molecule has 20 heavy (non-hydrogen) atoms. The zero-order valence-corrected chi connectivity index (χ0v) is 12.4. The van der Waals surface area contributed by atoms with Crippen LogP contribution >= 0.6 is 11.8 Å². The van der Waals surface area contributed by atoms with E-state index in [2.05, 4.69) is 15.3 Å². The Bertz CT molecular complexity index is 655. The maximum Gasteiger partial charge on any atom is 0.233 e. The Labute approximate surface area is 122 Å². The predicted octanol–water partition coefficient (Wildman–Crippen LogP) is 2.70. The number of thioether (sulfide) groups is 1. The summed E-state index contributed by atoms with van der Waals surface area (Å²) in [5, 5.41) is 3.71. The molecule has 5 heteroatoms. The van der Waals surface area contributed by atoms with E-state index in [1.165, 1.54) is 11.8 Å². The molecule has 1 amide bonds. The van der Waals surface area contributed by atoms with Crippen LogP contribution in [-0.2, 0) is 4.79 Å². The molecule has 2 aromatic rings. The van der Waals surface area contributed by atoms with Crippen LogP contribution in [-0.4, -0.2) is 27.2 Å². The van der Waals surface area contributed by atoms with E-state index in [4.69, 9.17) is 0 Å². The van der Waals surface area contributed by atoms with Crippen molar-refractivity contribution in [2.75, 3.05) is 0 Å². The van der Waals surface area contributed by atoms with E-state index in [0.717, 1.165) is 34.6 Å². The van der Waals surface area contributed by atoms with E-state index in [9.17, 15) is 4.79 Å². The van der Waals surface area contributed by atoms with Crippen LogP contribution in [0.25, 0.3) is 11.0 Å². The van der Waals surface area contributed by atoms with Crippen molar-refractivity contribution in [1.82, 2.24) is 15.3 Å². The highest BCUT2D eigenvalue weighted by atomic mass is 32.2. The Morgan fingerprint density at radius 2 is 1.95 bits per heavy atom. The second-order valence-corrected chi connectivity index (χ2v) is 6.48. The monoisotopic (exact) mass is 287 g/mol. The Morgan fingerprint density at radius 1 is 1.30 bits per heavy atom. The number of amides is 1. The van der Waals surface area contributed by atoms with Gasteiger partial charge in [0.1, 0.15) is 5.03 Å². The van der Waals surface area contributed by atoms with Crippen LogP contribution in [0.5, 0.6) is 0 Å². The third-order valence-electron chi connectivity index (χ3n) is 3.28. The Morgan fingerprint density at radius 3 is 2.60 bits per heavy atom. The molecular formula is C15H17N3OS.